The highest BCUT2D eigenvalue weighted by Gasteiger charge is 2.21. The molecule has 33 heavy (non-hydrogen) atoms. The lowest BCUT2D eigenvalue weighted by Crippen LogP contribution is -2.51. The quantitative estimate of drug-likeness (QED) is 0.571. The normalized spacial score (nSPS) is 14.3. The molecule has 1 aliphatic rings. The van der Waals surface area contributed by atoms with Crippen molar-refractivity contribution >= 4 is 11.8 Å². The van der Waals surface area contributed by atoms with E-state index in [1.165, 1.54) is 5.56 Å². The highest BCUT2D eigenvalue weighted by molar-refractivity contribution is 5.96. The van der Waals surface area contributed by atoms with Crippen molar-refractivity contribution < 1.29 is 14.1 Å². The number of nitrogens with one attached hydrogen (secondary N) is 1. The molecule has 3 aromatic rings. The van der Waals surface area contributed by atoms with E-state index in [4.69, 9.17) is 4.52 Å². The molecule has 2 aromatic carbocycles. The number of benzene rings is 2. The molecule has 0 aliphatic carbocycles. The summed E-state index contributed by atoms with van der Waals surface area (Å²) >= 11 is 0. The van der Waals surface area contributed by atoms with Gasteiger partial charge in [-0.25, -0.2) is 0 Å². The summed E-state index contributed by atoms with van der Waals surface area (Å²) in [4.78, 5) is 33.2. The Kier molecular flexibility index (Phi) is 7.47. The van der Waals surface area contributed by atoms with Crippen LogP contribution in [-0.4, -0.2) is 71.0 Å². The van der Waals surface area contributed by atoms with Crippen LogP contribution in [0, 0.1) is 6.92 Å². The van der Waals surface area contributed by atoms with E-state index >= 15 is 0 Å². The first-order valence-corrected chi connectivity index (χ1v) is 11.3. The minimum Gasteiger partial charge on any atom is -0.343 e. The number of carbonyl (C=O) groups excluding carboxylic acids is 2. The van der Waals surface area contributed by atoms with E-state index in [1.807, 2.05) is 42.2 Å². The maximum atomic E-state index is 12.4. The zero-order valence-electron chi connectivity index (χ0n) is 18.9. The molecule has 172 valence electrons. The van der Waals surface area contributed by atoms with Gasteiger partial charge in [-0.15, -0.1) is 0 Å². The van der Waals surface area contributed by atoms with Gasteiger partial charge in [0.2, 0.25) is 17.6 Å². The van der Waals surface area contributed by atoms with Crippen LogP contribution in [0.5, 0.6) is 0 Å². The van der Waals surface area contributed by atoms with Crippen LogP contribution in [0.3, 0.4) is 0 Å². The van der Waals surface area contributed by atoms with Gasteiger partial charge in [0.15, 0.2) is 0 Å². The molecule has 0 radical (unpaired) electrons. The molecule has 4 rings (SSSR count). The van der Waals surface area contributed by atoms with Crippen molar-refractivity contribution in [1.82, 2.24) is 25.3 Å². The van der Waals surface area contributed by atoms with Gasteiger partial charge in [-0.1, -0.05) is 53.2 Å². The maximum Gasteiger partial charge on any atom is 0.251 e. The summed E-state index contributed by atoms with van der Waals surface area (Å²) in [6.45, 7) is 5.94. The third-order valence-corrected chi connectivity index (χ3v) is 5.80. The van der Waals surface area contributed by atoms with E-state index in [2.05, 4.69) is 20.4 Å². The Bertz CT molecular complexity index is 1060. The van der Waals surface area contributed by atoms with Crippen molar-refractivity contribution in [2.45, 2.75) is 19.8 Å². The summed E-state index contributed by atoms with van der Waals surface area (Å²) in [5.41, 5.74) is 2.71. The molecule has 2 amide bonds. The standard InChI is InChI=1S/C25H29N5O3/c1-19-9-11-20(12-10-19)24-27-22(33-28-24)8-5-13-29-14-16-30(17-15-29)23(31)18-26-25(32)21-6-3-2-4-7-21/h2-4,6-7,9-12H,5,8,13-18H2,1H3,(H,26,32). The first-order valence-electron chi connectivity index (χ1n) is 11.3. The average molecular weight is 448 g/mol. The minimum atomic E-state index is -0.228. The van der Waals surface area contributed by atoms with Gasteiger partial charge < -0.3 is 14.7 Å². The van der Waals surface area contributed by atoms with Gasteiger partial charge in [0.05, 0.1) is 6.54 Å². The van der Waals surface area contributed by atoms with Crippen LogP contribution in [0.2, 0.25) is 0 Å². The smallest absolute Gasteiger partial charge is 0.251 e. The second kappa shape index (κ2) is 10.9. The van der Waals surface area contributed by atoms with E-state index < -0.39 is 0 Å². The first kappa shape index (κ1) is 22.7. The first-order chi connectivity index (χ1) is 16.1. The summed E-state index contributed by atoms with van der Waals surface area (Å²) in [5.74, 6) is 0.993. The Hall–Kier alpha value is -3.52. The van der Waals surface area contributed by atoms with Gasteiger partial charge in [0, 0.05) is 43.7 Å². The maximum absolute atomic E-state index is 12.4. The third kappa shape index (κ3) is 6.26. The van der Waals surface area contributed by atoms with Crippen LogP contribution in [-0.2, 0) is 11.2 Å². The SMILES string of the molecule is Cc1ccc(-c2noc(CCCN3CCN(C(=O)CNC(=O)c4ccccc4)CC3)n2)cc1. The van der Waals surface area contributed by atoms with Gasteiger partial charge in [-0.2, -0.15) is 4.98 Å². The zero-order chi connectivity index (χ0) is 23.0. The Morgan fingerprint density at radius 3 is 2.45 bits per heavy atom. The van der Waals surface area contributed by atoms with Gasteiger partial charge in [-0.05, 0) is 32.0 Å². The Balaban J connectivity index is 1.14. The number of hydrogen-bond donors (Lipinski definition) is 1. The molecule has 8 heteroatoms. The summed E-state index contributed by atoms with van der Waals surface area (Å²) in [7, 11) is 0. The lowest BCUT2D eigenvalue weighted by Gasteiger charge is -2.34. The molecule has 8 nitrogen and oxygen atoms in total. The van der Waals surface area contributed by atoms with Crippen LogP contribution < -0.4 is 5.32 Å². The lowest BCUT2D eigenvalue weighted by molar-refractivity contribution is -0.131. The number of piperazine rings is 1. The fourth-order valence-electron chi connectivity index (χ4n) is 3.81. The molecule has 0 bridgehead atoms. The molecule has 1 fully saturated rings. The van der Waals surface area contributed by atoms with Crippen molar-refractivity contribution in [2.75, 3.05) is 39.3 Å². The van der Waals surface area contributed by atoms with E-state index in [-0.39, 0.29) is 18.4 Å². The Morgan fingerprint density at radius 2 is 1.73 bits per heavy atom. The molecule has 0 atom stereocenters. The van der Waals surface area contributed by atoms with E-state index in [1.54, 1.807) is 24.3 Å². The summed E-state index contributed by atoms with van der Waals surface area (Å²) < 4.78 is 5.40. The highest BCUT2D eigenvalue weighted by Crippen LogP contribution is 2.17. The molecule has 0 unspecified atom stereocenters. The molecular weight excluding hydrogens is 418 g/mol. The Labute approximate surface area is 193 Å². The van der Waals surface area contributed by atoms with Crippen molar-refractivity contribution in [3.63, 3.8) is 0 Å². The molecular formula is C25H29N5O3. The number of hydrogen-bond acceptors (Lipinski definition) is 6. The molecule has 1 saturated heterocycles. The number of carbonyl (C=O) groups is 2. The van der Waals surface area contributed by atoms with E-state index in [9.17, 15) is 9.59 Å². The van der Waals surface area contributed by atoms with Gasteiger partial charge >= 0.3 is 0 Å². The predicted molar refractivity (Wildman–Crippen MR) is 125 cm³/mol. The topological polar surface area (TPSA) is 91.6 Å². The molecule has 1 aliphatic heterocycles. The predicted octanol–water partition coefficient (Wildman–Crippen LogP) is 2.55. The van der Waals surface area contributed by atoms with E-state index in [0.29, 0.717) is 30.4 Å². The fraction of sp³-hybridized carbons (Fsp3) is 0.360. The van der Waals surface area contributed by atoms with Crippen LogP contribution in [0.15, 0.2) is 59.1 Å². The molecule has 1 aromatic heterocycles. The minimum absolute atomic E-state index is 0.0220. The molecule has 0 saturated carbocycles. The second-order valence-electron chi connectivity index (χ2n) is 8.25. The summed E-state index contributed by atoms with van der Waals surface area (Å²) in [6.07, 6.45) is 1.64. The van der Waals surface area contributed by atoms with Crippen molar-refractivity contribution in [3.05, 3.63) is 71.6 Å². The van der Waals surface area contributed by atoms with Crippen LogP contribution in [0.4, 0.5) is 0 Å². The largest absolute Gasteiger partial charge is 0.343 e. The number of nitrogens with zero attached hydrogens (tertiary/aromatic N) is 4. The average Bonchev–Trinajstić information content (AvgIpc) is 3.32. The zero-order valence-corrected chi connectivity index (χ0v) is 18.9. The number of amides is 2. The third-order valence-electron chi connectivity index (χ3n) is 5.80. The fourth-order valence-corrected chi connectivity index (χ4v) is 3.81. The lowest BCUT2D eigenvalue weighted by atomic mass is 10.1. The number of rotatable bonds is 8. The van der Waals surface area contributed by atoms with Crippen molar-refractivity contribution in [2.24, 2.45) is 0 Å². The highest BCUT2D eigenvalue weighted by atomic mass is 16.5. The summed E-state index contributed by atoms with van der Waals surface area (Å²) in [5, 5.41) is 6.80. The van der Waals surface area contributed by atoms with Gasteiger partial charge in [0.25, 0.3) is 5.91 Å². The monoisotopic (exact) mass is 447 g/mol. The number of aryl methyl sites for hydroxylation is 2. The molecule has 0 spiro atoms. The summed E-state index contributed by atoms with van der Waals surface area (Å²) in [6, 6.07) is 17.0. The second-order valence-corrected chi connectivity index (χ2v) is 8.25. The van der Waals surface area contributed by atoms with Crippen LogP contribution in [0.25, 0.3) is 11.4 Å². The van der Waals surface area contributed by atoms with E-state index in [0.717, 1.165) is 38.0 Å². The van der Waals surface area contributed by atoms with Gasteiger partial charge in [0.1, 0.15) is 0 Å². The van der Waals surface area contributed by atoms with Gasteiger partial charge in [-0.3, -0.25) is 14.5 Å². The molecule has 2 heterocycles. The van der Waals surface area contributed by atoms with Crippen LogP contribution >= 0.6 is 0 Å². The number of aromatic nitrogens is 2. The van der Waals surface area contributed by atoms with Crippen LogP contribution in [0.1, 0.15) is 28.2 Å². The van der Waals surface area contributed by atoms with Crippen molar-refractivity contribution in [3.8, 4) is 11.4 Å². The Morgan fingerprint density at radius 1 is 1.00 bits per heavy atom. The van der Waals surface area contributed by atoms with Crippen molar-refractivity contribution in [1.29, 1.82) is 0 Å². The molecule has 1 N–H and O–H groups in total.